The lowest BCUT2D eigenvalue weighted by Crippen LogP contribution is -2.35. The summed E-state index contributed by atoms with van der Waals surface area (Å²) in [5, 5.41) is 12.3. The molecule has 0 bridgehead atoms. The van der Waals surface area contributed by atoms with E-state index in [9.17, 15) is 10.1 Å². The van der Waals surface area contributed by atoms with Gasteiger partial charge in [0.2, 0.25) is 5.91 Å². The van der Waals surface area contributed by atoms with Crippen molar-refractivity contribution < 1.29 is 4.79 Å². The molecule has 1 aliphatic heterocycles. The summed E-state index contributed by atoms with van der Waals surface area (Å²) in [6, 6.07) is 10.5. The molecule has 0 atom stereocenters. The van der Waals surface area contributed by atoms with Crippen LogP contribution in [-0.2, 0) is 11.2 Å². The number of nitrogens with one attached hydrogen (secondary N) is 1. The van der Waals surface area contributed by atoms with Crippen molar-refractivity contribution in [2.75, 3.05) is 16.8 Å². The van der Waals surface area contributed by atoms with E-state index in [4.69, 9.17) is 0 Å². The van der Waals surface area contributed by atoms with E-state index in [-0.39, 0.29) is 5.91 Å². The molecule has 128 valence electrons. The second-order valence-corrected chi connectivity index (χ2v) is 6.64. The number of nitriles is 1. The molecule has 1 N–H and O–H groups in total. The Balaban J connectivity index is 2.02. The number of hydrogen-bond donors (Lipinski definition) is 1. The molecule has 0 unspecified atom stereocenters. The van der Waals surface area contributed by atoms with Gasteiger partial charge in [-0.05, 0) is 56.5 Å². The predicted molar refractivity (Wildman–Crippen MR) is 99.5 cm³/mol. The number of aromatic nitrogens is 1. The maximum Gasteiger partial charge on any atom is 0.222 e. The Labute approximate surface area is 148 Å². The Morgan fingerprint density at radius 2 is 2.16 bits per heavy atom. The van der Waals surface area contributed by atoms with Crippen molar-refractivity contribution in [3.8, 4) is 17.2 Å². The summed E-state index contributed by atoms with van der Waals surface area (Å²) < 4.78 is 0. The molecule has 0 radical (unpaired) electrons. The summed E-state index contributed by atoms with van der Waals surface area (Å²) in [5.74, 6) is 0.360. The van der Waals surface area contributed by atoms with E-state index in [0.717, 1.165) is 30.5 Å². The number of carbonyl (C=O) groups excluding carboxylic acids is 1. The number of pyridine rings is 1. The van der Waals surface area contributed by atoms with Crippen LogP contribution in [0.5, 0.6) is 0 Å². The number of amides is 1. The Bertz CT molecular complexity index is 834. The van der Waals surface area contributed by atoms with Gasteiger partial charge in [0, 0.05) is 42.5 Å². The molecule has 5 heteroatoms. The van der Waals surface area contributed by atoms with Gasteiger partial charge in [-0.25, -0.2) is 4.98 Å². The predicted octanol–water partition coefficient (Wildman–Crippen LogP) is 3.74. The fourth-order valence-electron chi connectivity index (χ4n) is 3.34. The van der Waals surface area contributed by atoms with Gasteiger partial charge in [0.15, 0.2) is 0 Å². The molecule has 5 nitrogen and oxygen atoms in total. The lowest BCUT2D eigenvalue weighted by atomic mass is 9.92. The second-order valence-electron chi connectivity index (χ2n) is 6.64. The average molecular weight is 334 g/mol. The van der Waals surface area contributed by atoms with E-state index in [0.29, 0.717) is 17.4 Å². The Morgan fingerprint density at radius 1 is 1.36 bits per heavy atom. The van der Waals surface area contributed by atoms with Gasteiger partial charge >= 0.3 is 0 Å². The minimum atomic E-state index is -0.152. The van der Waals surface area contributed by atoms with E-state index >= 15 is 0 Å². The average Bonchev–Trinajstić information content (AvgIpc) is 2.60. The molecule has 0 saturated carbocycles. The van der Waals surface area contributed by atoms with E-state index in [1.807, 2.05) is 12.1 Å². The van der Waals surface area contributed by atoms with Gasteiger partial charge in [-0.15, -0.1) is 0 Å². The standard InChI is InChI=1S/C20H22N4O/c1-13(2)24-8-4-5-15-9-18(17(11-21)10-19(15)24)16-6-7-20(22-12-16)23-14(3)25/h6-7,9-10,12-13H,4-5,8H2,1-3H3,(H,22,23,25). The number of aryl methyl sites for hydroxylation is 1. The van der Waals surface area contributed by atoms with Crippen LogP contribution in [0.25, 0.3) is 11.1 Å². The van der Waals surface area contributed by atoms with Crippen molar-refractivity contribution in [1.82, 2.24) is 4.98 Å². The SMILES string of the molecule is CC(=O)Nc1ccc(-c2cc3c(cc2C#N)N(C(C)C)CCC3)cn1. The third-order valence-electron chi connectivity index (χ3n) is 4.50. The summed E-state index contributed by atoms with van der Waals surface area (Å²) >= 11 is 0. The van der Waals surface area contributed by atoms with Crippen LogP contribution in [0.2, 0.25) is 0 Å². The number of carbonyl (C=O) groups is 1. The van der Waals surface area contributed by atoms with Crippen molar-refractivity contribution >= 4 is 17.4 Å². The number of fused-ring (bicyclic) bond motifs is 1. The molecule has 0 fully saturated rings. The molecule has 0 saturated heterocycles. The summed E-state index contributed by atoms with van der Waals surface area (Å²) in [6.45, 7) is 6.84. The first-order valence-electron chi connectivity index (χ1n) is 8.57. The zero-order valence-electron chi connectivity index (χ0n) is 14.8. The minimum absolute atomic E-state index is 0.152. The summed E-state index contributed by atoms with van der Waals surface area (Å²) in [4.78, 5) is 17.8. The van der Waals surface area contributed by atoms with Gasteiger partial charge in [-0.2, -0.15) is 5.26 Å². The Morgan fingerprint density at radius 3 is 2.76 bits per heavy atom. The molecular weight excluding hydrogens is 312 g/mol. The number of benzene rings is 1. The fraction of sp³-hybridized carbons (Fsp3) is 0.350. The van der Waals surface area contributed by atoms with Crippen LogP contribution >= 0.6 is 0 Å². The maximum atomic E-state index is 11.1. The van der Waals surface area contributed by atoms with E-state index in [2.05, 4.69) is 41.2 Å². The highest BCUT2D eigenvalue weighted by molar-refractivity contribution is 5.88. The third-order valence-corrected chi connectivity index (χ3v) is 4.50. The zero-order chi connectivity index (χ0) is 18.0. The highest BCUT2D eigenvalue weighted by atomic mass is 16.1. The molecule has 1 aliphatic rings. The van der Waals surface area contributed by atoms with E-state index in [1.54, 1.807) is 12.3 Å². The highest BCUT2D eigenvalue weighted by Crippen LogP contribution is 2.35. The summed E-state index contributed by atoms with van der Waals surface area (Å²) in [6.07, 6.45) is 3.85. The number of anilines is 2. The van der Waals surface area contributed by atoms with Gasteiger partial charge in [-0.1, -0.05) is 0 Å². The lowest BCUT2D eigenvalue weighted by molar-refractivity contribution is -0.114. The smallest absolute Gasteiger partial charge is 0.222 e. The monoisotopic (exact) mass is 334 g/mol. The number of nitrogens with zero attached hydrogens (tertiary/aromatic N) is 3. The van der Waals surface area contributed by atoms with Crippen LogP contribution in [0.1, 0.15) is 38.3 Å². The van der Waals surface area contributed by atoms with Crippen LogP contribution in [0.3, 0.4) is 0 Å². The van der Waals surface area contributed by atoms with Crippen LogP contribution in [0.4, 0.5) is 11.5 Å². The summed E-state index contributed by atoms with van der Waals surface area (Å²) in [5.41, 5.74) is 4.88. The van der Waals surface area contributed by atoms with E-state index < -0.39 is 0 Å². The molecule has 0 aliphatic carbocycles. The first-order chi connectivity index (χ1) is 12.0. The molecular formula is C20H22N4O. The molecule has 3 rings (SSSR count). The number of hydrogen-bond acceptors (Lipinski definition) is 4. The zero-order valence-corrected chi connectivity index (χ0v) is 14.8. The minimum Gasteiger partial charge on any atom is -0.369 e. The van der Waals surface area contributed by atoms with Gasteiger partial charge in [0.05, 0.1) is 11.6 Å². The maximum absolute atomic E-state index is 11.1. The van der Waals surface area contributed by atoms with Crippen molar-refractivity contribution in [1.29, 1.82) is 5.26 Å². The topological polar surface area (TPSA) is 69.0 Å². The van der Waals surface area contributed by atoms with Crippen LogP contribution in [-0.4, -0.2) is 23.5 Å². The molecule has 2 heterocycles. The first kappa shape index (κ1) is 17.0. The van der Waals surface area contributed by atoms with Gasteiger partial charge < -0.3 is 10.2 Å². The largest absolute Gasteiger partial charge is 0.369 e. The number of rotatable bonds is 3. The fourth-order valence-corrected chi connectivity index (χ4v) is 3.34. The normalized spacial score (nSPS) is 13.3. The van der Waals surface area contributed by atoms with Crippen LogP contribution in [0, 0.1) is 11.3 Å². The van der Waals surface area contributed by atoms with Crippen LogP contribution in [0.15, 0.2) is 30.5 Å². The summed E-state index contributed by atoms with van der Waals surface area (Å²) in [7, 11) is 0. The van der Waals surface area contributed by atoms with Crippen molar-refractivity contribution in [3.05, 3.63) is 41.6 Å². The first-order valence-corrected chi connectivity index (χ1v) is 8.57. The second kappa shape index (κ2) is 6.94. The molecule has 25 heavy (non-hydrogen) atoms. The highest BCUT2D eigenvalue weighted by Gasteiger charge is 2.21. The molecule has 2 aromatic rings. The Hall–Kier alpha value is -2.87. The molecule has 1 aromatic carbocycles. The third kappa shape index (κ3) is 3.48. The van der Waals surface area contributed by atoms with Gasteiger partial charge in [0.25, 0.3) is 0 Å². The van der Waals surface area contributed by atoms with Crippen molar-refractivity contribution in [2.45, 2.75) is 39.7 Å². The van der Waals surface area contributed by atoms with Gasteiger partial charge in [-0.3, -0.25) is 4.79 Å². The van der Waals surface area contributed by atoms with Crippen molar-refractivity contribution in [3.63, 3.8) is 0 Å². The van der Waals surface area contributed by atoms with Crippen molar-refractivity contribution in [2.24, 2.45) is 0 Å². The molecule has 1 aromatic heterocycles. The molecule has 0 spiro atoms. The van der Waals surface area contributed by atoms with Crippen LogP contribution < -0.4 is 10.2 Å². The Kier molecular flexibility index (Phi) is 4.71. The lowest BCUT2D eigenvalue weighted by Gasteiger charge is -2.35. The van der Waals surface area contributed by atoms with E-state index in [1.165, 1.54) is 18.2 Å². The molecule has 1 amide bonds. The van der Waals surface area contributed by atoms with Gasteiger partial charge in [0.1, 0.15) is 5.82 Å². The quantitative estimate of drug-likeness (QED) is 0.928.